The van der Waals surface area contributed by atoms with Crippen molar-refractivity contribution in [2.45, 2.75) is 6.54 Å². The predicted octanol–water partition coefficient (Wildman–Crippen LogP) is 3.76. The SMILES string of the molecule is CN=C(NCCOc1ccc(OC)cc1)NCc1nc(-c2ccc(Cl)cc2)no1.I. The van der Waals surface area contributed by atoms with E-state index in [0.29, 0.717) is 42.4 Å². The fourth-order valence-electron chi connectivity index (χ4n) is 2.43. The molecule has 1 aromatic heterocycles. The van der Waals surface area contributed by atoms with E-state index in [1.54, 1.807) is 26.3 Å². The number of benzene rings is 2. The summed E-state index contributed by atoms with van der Waals surface area (Å²) in [7, 11) is 3.32. The molecule has 0 aliphatic heterocycles. The summed E-state index contributed by atoms with van der Waals surface area (Å²) in [6.07, 6.45) is 0. The molecule has 10 heteroatoms. The molecular weight excluding hydrogens is 521 g/mol. The first-order chi connectivity index (χ1) is 14.2. The van der Waals surface area contributed by atoms with Crippen LogP contribution in [0.3, 0.4) is 0 Å². The molecule has 2 aromatic carbocycles. The normalized spacial score (nSPS) is 10.8. The zero-order chi connectivity index (χ0) is 20.5. The fraction of sp³-hybridized carbons (Fsp3) is 0.250. The molecule has 3 aromatic rings. The highest BCUT2D eigenvalue weighted by molar-refractivity contribution is 14.0. The van der Waals surface area contributed by atoms with E-state index in [9.17, 15) is 0 Å². The number of rotatable bonds is 8. The zero-order valence-corrected chi connectivity index (χ0v) is 19.7. The molecule has 0 saturated heterocycles. The molecule has 1 heterocycles. The molecule has 0 saturated carbocycles. The van der Waals surface area contributed by atoms with E-state index >= 15 is 0 Å². The second-order valence-corrected chi connectivity index (χ2v) is 6.33. The zero-order valence-electron chi connectivity index (χ0n) is 16.6. The predicted molar refractivity (Wildman–Crippen MR) is 127 cm³/mol. The Hall–Kier alpha value is -2.53. The van der Waals surface area contributed by atoms with Gasteiger partial charge in [0.05, 0.1) is 20.2 Å². The maximum Gasteiger partial charge on any atom is 0.246 e. The number of aromatic nitrogens is 2. The van der Waals surface area contributed by atoms with E-state index in [2.05, 4.69) is 25.8 Å². The first kappa shape index (κ1) is 23.7. The van der Waals surface area contributed by atoms with Gasteiger partial charge in [-0.3, -0.25) is 4.99 Å². The standard InChI is InChI=1S/C20H22ClN5O3.HI/c1-22-20(23-11-12-28-17-9-7-16(27-2)8-10-17)24-13-18-25-19(26-29-18)14-3-5-15(21)6-4-14;/h3-10H,11-13H2,1-2H3,(H2,22,23,24);1H. The first-order valence-corrected chi connectivity index (χ1v) is 9.35. The van der Waals surface area contributed by atoms with Crippen LogP contribution in [0, 0.1) is 0 Å². The minimum absolute atomic E-state index is 0. The Labute approximate surface area is 197 Å². The lowest BCUT2D eigenvalue weighted by Crippen LogP contribution is -2.38. The van der Waals surface area contributed by atoms with Gasteiger partial charge in [-0.1, -0.05) is 16.8 Å². The number of guanidine groups is 1. The molecule has 0 atom stereocenters. The number of hydrogen-bond donors (Lipinski definition) is 2. The molecule has 0 unspecified atom stereocenters. The third-order valence-electron chi connectivity index (χ3n) is 3.92. The van der Waals surface area contributed by atoms with E-state index < -0.39 is 0 Å². The van der Waals surface area contributed by atoms with Crippen LogP contribution in [0.2, 0.25) is 5.02 Å². The number of nitrogens with zero attached hydrogens (tertiary/aromatic N) is 3. The lowest BCUT2D eigenvalue weighted by atomic mass is 10.2. The highest BCUT2D eigenvalue weighted by Gasteiger charge is 2.09. The number of nitrogens with one attached hydrogen (secondary N) is 2. The summed E-state index contributed by atoms with van der Waals surface area (Å²) in [4.78, 5) is 8.53. The van der Waals surface area contributed by atoms with E-state index in [1.807, 2.05) is 36.4 Å². The Balaban J connectivity index is 0.00000320. The molecular formula is C20H23ClIN5O3. The monoisotopic (exact) mass is 543 g/mol. The van der Waals surface area contributed by atoms with Crippen molar-refractivity contribution < 1.29 is 14.0 Å². The third kappa shape index (κ3) is 7.06. The summed E-state index contributed by atoms with van der Waals surface area (Å²) in [6.45, 7) is 1.40. The van der Waals surface area contributed by atoms with Crippen LogP contribution in [0.15, 0.2) is 58.0 Å². The Morgan fingerprint density at radius 2 is 1.77 bits per heavy atom. The van der Waals surface area contributed by atoms with Gasteiger partial charge in [0.25, 0.3) is 0 Å². The topological polar surface area (TPSA) is 93.8 Å². The molecule has 3 rings (SSSR count). The van der Waals surface area contributed by atoms with Crippen LogP contribution in [0.4, 0.5) is 0 Å². The maximum atomic E-state index is 5.90. The summed E-state index contributed by atoms with van der Waals surface area (Å²) in [5, 5.41) is 10.9. The van der Waals surface area contributed by atoms with E-state index in [0.717, 1.165) is 17.1 Å². The summed E-state index contributed by atoms with van der Waals surface area (Å²) < 4.78 is 16.1. The van der Waals surface area contributed by atoms with Crippen molar-refractivity contribution in [3.05, 3.63) is 59.4 Å². The fourth-order valence-corrected chi connectivity index (χ4v) is 2.56. The number of ether oxygens (including phenoxy) is 2. The molecule has 30 heavy (non-hydrogen) atoms. The van der Waals surface area contributed by atoms with Crippen molar-refractivity contribution >= 4 is 41.5 Å². The van der Waals surface area contributed by atoms with Crippen molar-refractivity contribution in [3.8, 4) is 22.9 Å². The molecule has 2 N–H and O–H groups in total. The van der Waals surface area contributed by atoms with Crippen molar-refractivity contribution in [1.82, 2.24) is 20.8 Å². The first-order valence-electron chi connectivity index (χ1n) is 8.98. The molecule has 0 spiro atoms. The lowest BCUT2D eigenvalue weighted by molar-refractivity contribution is 0.320. The third-order valence-corrected chi connectivity index (χ3v) is 4.18. The van der Waals surface area contributed by atoms with Crippen molar-refractivity contribution in [2.75, 3.05) is 27.3 Å². The molecule has 0 amide bonds. The van der Waals surface area contributed by atoms with Crippen LogP contribution >= 0.6 is 35.6 Å². The molecule has 0 radical (unpaired) electrons. The summed E-state index contributed by atoms with van der Waals surface area (Å²) >= 11 is 5.90. The van der Waals surface area contributed by atoms with Gasteiger partial charge in [-0.05, 0) is 48.5 Å². The second kappa shape index (κ2) is 12.2. The lowest BCUT2D eigenvalue weighted by Gasteiger charge is -2.11. The van der Waals surface area contributed by atoms with Gasteiger partial charge in [0.2, 0.25) is 11.7 Å². The Bertz CT molecular complexity index is 932. The van der Waals surface area contributed by atoms with Crippen LogP contribution < -0.4 is 20.1 Å². The van der Waals surface area contributed by atoms with Gasteiger partial charge < -0.3 is 24.6 Å². The largest absolute Gasteiger partial charge is 0.497 e. The Morgan fingerprint density at radius 3 is 2.43 bits per heavy atom. The van der Waals surface area contributed by atoms with Gasteiger partial charge >= 0.3 is 0 Å². The van der Waals surface area contributed by atoms with Gasteiger partial charge in [-0.2, -0.15) is 4.98 Å². The smallest absolute Gasteiger partial charge is 0.246 e. The van der Waals surface area contributed by atoms with Crippen molar-refractivity contribution in [2.24, 2.45) is 4.99 Å². The van der Waals surface area contributed by atoms with E-state index in [1.165, 1.54) is 0 Å². The Kier molecular flexibility index (Phi) is 9.68. The Morgan fingerprint density at radius 1 is 1.07 bits per heavy atom. The summed E-state index contributed by atoms with van der Waals surface area (Å²) in [5.74, 6) is 3.13. The van der Waals surface area contributed by atoms with Crippen LogP contribution in [-0.4, -0.2) is 43.4 Å². The molecule has 0 fully saturated rings. The van der Waals surface area contributed by atoms with Gasteiger partial charge in [-0.25, -0.2) is 0 Å². The second-order valence-electron chi connectivity index (χ2n) is 5.90. The molecule has 0 bridgehead atoms. The minimum Gasteiger partial charge on any atom is -0.497 e. The van der Waals surface area contributed by atoms with Crippen LogP contribution in [-0.2, 0) is 6.54 Å². The number of aliphatic imine (C=N–C) groups is 1. The summed E-state index contributed by atoms with van der Waals surface area (Å²) in [6, 6.07) is 14.7. The quantitative estimate of drug-likeness (QED) is 0.193. The van der Waals surface area contributed by atoms with Gasteiger partial charge in [0.15, 0.2) is 5.96 Å². The highest BCUT2D eigenvalue weighted by Crippen LogP contribution is 2.18. The highest BCUT2D eigenvalue weighted by atomic mass is 127. The van der Waals surface area contributed by atoms with Crippen molar-refractivity contribution in [3.63, 3.8) is 0 Å². The average molecular weight is 544 g/mol. The van der Waals surface area contributed by atoms with Crippen molar-refractivity contribution in [1.29, 1.82) is 0 Å². The minimum atomic E-state index is 0. The van der Waals surface area contributed by atoms with E-state index in [4.69, 9.17) is 25.6 Å². The summed E-state index contributed by atoms with van der Waals surface area (Å²) in [5.41, 5.74) is 0.836. The molecule has 0 aliphatic carbocycles. The van der Waals surface area contributed by atoms with Crippen LogP contribution in [0.1, 0.15) is 5.89 Å². The average Bonchev–Trinajstić information content (AvgIpc) is 3.23. The number of methoxy groups -OCH3 is 1. The number of hydrogen-bond acceptors (Lipinski definition) is 6. The van der Waals surface area contributed by atoms with Gasteiger partial charge in [-0.15, -0.1) is 24.0 Å². The number of halogens is 2. The van der Waals surface area contributed by atoms with Gasteiger partial charge in [0, 0.05) is 17.6 Å². The van der Waals surface area contributed by atoms with Crippen LogP contribution in [0.25, 0.3) is 11.4 Å². The van der Waals surface area contributed by atoms with Crippen LogP contribution in [0.5, 0.6) is 11.5 Å². The molecule has 8 nitrogen and oxygen atoms in total. The van der Waals surface area contributed by atoms with Gasteiger partial charge in [0.1, 0.15) is 18.1 Å². The molecule has 0 aliphatic rings. The molecule has 160 valence electrons. The van der Waals surface area contributed by atoms with E-state index in [-0.39, 0.29) is 24.0 Å². The maximum absolute atomic E-state index is 5.90.